The second-order valence-corrected chi connectivity index (χ2v) is 16.4. The van der Waals surface area contributed by atoms with E-state index in [9.17, 15) is 27.0 Å². The molecule has 0 radical (unpaired) electrons. The van der Waals surface area contributed by atoms with Crippen molar-refractivity contribution in [1.29, 1.82) is 0 Å². The number of Topliss-reactive ketones (excluding diaryl/α,β-unsaturated/α-hetero) is 1. The van der Waals surface area contributed by atoms with Gasteiger partial charge in [-0.3, -0.25) is 14.6 Å². The largest absolute Gasteiger partial charge is 0.748 e. The lowest BCUT2D eigenvalue weighted by atomic mass is 9.70. The van der Waals surface area contributed by atoms with Crippen molar-refractivity contribution in [2.75, 3.05) is 39.0 Å². The number of fused-ring (bicyclic) bond motifs is 2. The quantitative estimate of drug-likeness (QED) is 0.207. The molecule has 1 amide bonds. The Morgan fingerprint density at radius 1 is 0.980 bits per heavy atom. The standard InChI is InChI=1S/C28H31FN3O2.C10H16O4S/c1-32(18-2-3-19-32)24-13-16-31(17-14-24)28(33)27-20-22(12-15-30-27)21-4-8-25(9-5-21)34-26-10-6-23(29)7-11-26;1-9(2)7-3-4-10(9,8(11)5-7)6-15(12,13)14/h4-12,15,20,24H,2-3,13-14,16-19H2,1H3;7H,3-6H2,1-2H3,(H,12,13,14)/q+1;/p-1. The maximum absolute atomic E-state index is 13.2. The lowest BCUT2D eigenvalue weighted by Gasteiger charge is -2.42. The Kier molecular flexibility index (Phi) is 9.74. The van der Waals surface area contributed by atoms with E-state index >= 15 is 0 Å². The van der Waals surface area contributed by atoms with Gasteiger partial charge in [-0.15, -0.1) is 0 Å². The Labute approximate surface area is 288 Å². The molecule has 3 heterocycles. The Morgan fingerprint density at radius 2 is 1.59 bits per heavy atom. The summed E-state index contributed by atoms with van der Waals surface area (Å²) < 4.78 is 52.7. The number of ether oxygens (including phenoxy) is 1. The van der Waals surface area contributed by atoms with Gasteiger partial charge in [-0.05, 0) is 83.8 Å². The predicted molar refractivity (Wildman–Crippen MR) is 183 cm³/mol. The van der Waals surface area contributed by atoms with E-state index in [4.69, 9.17) is 4.74 Å². The first-order valence-corrected chi connectivity index (χ1v) is 18.9. The summed E-state index contributed by atoms with van der Waals surface area (Å²) in [6.07, 6.45) is 8.36. The first kappa shape index (κ1) is 35.2. The fourth-order valence-corrected chi connectivity index (χ4v) is 10.0. The molecule has 4 aliphatic rings. The number of pyridine rings is 1. The van der Waals surface area contributed by atoms with Crippen molar-refractivity contribution >= 4 is 21.8 Å². The number of rotatable bonds is 7. The van der Waals surface area contributed by atoms with Gasteiger partial charge in [-0.25, -0.2) is 12.8 Å². The van der Waals surface area contributed by atoms with E-state index in [1.165, 1.54) is 42.5 Å². The molecule has 11 heteroatoms. The van der Waals surface area contributed by atoms with Gasteiger partial charge in [0.1, 0.15) is 28.8 Å². The Balaban J connectivity index is 0.000000232. The Bertz CT molecular complexity index is 1780. The van der Waals surface area contributed by atoms with Crippen LogP contribution in [0.2, 0.25) is 0 Å². The molecule has 0 N–H and O–H groups in total. The summed E-state index contributed by atoms with van der Waals surface area (Å²) >= 11 is 0. The molecule has 3 aromatic rings. The average Bonchev–Trinajstić information content (AvgIpc) is 3.68. The number of halogens is 1. The summed E-state index contributed by atoms with van der Waals surface area (Å²) in [5, 5.41) is 0. The van der Waals surface area contributed by atoms with E-state index in [-0.39, 0.29) is 28.8 Å². The highest BCUT2D eigenvalue weighted by molar-refractivity contribution is 7.85. The summed E-state index contributed by atoms with van der Waals surface area (Å²) in [6, 6.07) is 18.0. The topological polar surface area (TPSA) is 117 Å². The minimum Gasteiger partial charge on any atom is -0.748 e. The fraction of sp³-hybridized carbons (Fsp3) is 0.500. The highest BCUT2D eigenvalue weighted by Gasteiger charge is 2.64. The number of carbonyl (C=O) groups excluding carboxylic acids is 2. The number of hydrogen-bond donors (Lipinski definition) is 0. The normalized spacial score (nSPS) is 24.4. The molecular weight excluding hydrogens is 645 g/mol. The minimum atomic E-state index is -4.33. The lowest BCUT2D eigenvalue weighted by Crippen LogP contribution is -2.55. The van der Waals surface area contributed by atoms with Crippen molar-refractivity contribution in [3.63, 3.8) is 0 Å². The van der Waals surface area contributed by atoms with E-state index in [2.05, 4.69) is 12.0 Å². The van der Waals surface area contributed by atoms with Gasteiger partial charge >= 0.3 is 0 Å². The number of likely N-dealkylation sites (tertiary alicyclic amines) is 2. The van der Waals surface area contributed by atoms with Crippen LogP contribution in [-0.2, 0) is 14.9 Å². The molecule has 9 nitrogen and oxygen atoms in total. The molecule has 2 saturated carbocycles. The van der Waals surface area contributed by atoms with Crippen molar-refractivity contribution in [1.82, 2.24) is 9.88 Å². The molecule has 7 rings (SSSR count). The smallest absolute Gasteiger partial charge is 0.272 e. The third-order valence-corrected chi connectivity index (χ3v) is 12.8. The average molecular weight is 692 g/mol. The van der Waals surface area contributed by atoms with Crippen LogP contribution in [-0.4, -0.2) is 84.0 Å². The maximum atomic E-state index is 13.2. The van der Waals surface area contributed by atoms with Gasteiger partial charge in [-0.2, -0.15) is 0 Å². The first-order valence-electron chi connectivity index (χ1n) is 17.3. The fourth-order valence-electron chi connectivity index (χ4n) is 8.77. The second kappa shape index (κ2) is 13.6. The molecule has 2 saturated heterocycles. The number of benzene rings is 2. The number of piperidine rings is 1. The van der Waals surface area contributed by atoms with Crippen molar-refractivity contribution in [3.8, 4) is 22.6 Å². The van der Waals surface area contributed by atoms with Crippen molar-refractivity contribution in [2.24, 2.45) is 16.7 Å². The molecule has 2 aliphatic carbocycles. The number of amides is 1. The number of ketones is 1. The zero-order valence-corrected chi connectivity index (χ0v) is 29.4. The molecule has 262 valence electrons. The number of quaternary nitrogens is 1. The summed E-state index contributed by atoms with van der Waals surface area (Å²) in [7, 11) is -1.94. The van der Waals surface area contributed by atoms with Gasteiger partial charge in [0.05, 0.1) is 42.1 Å². The number of aromatic nitrogens is 1. The van der Waals surface area contributed by atoms with Crippen LogP contribution in [0.3, 0.4) is 0 Å². The van der Waals surface area contributed by atoms with Crippen LogP contribution in [0.15, 0.2) is 66.9 Å². The summed E-state index contributed by atoms with van der Waals surface area (Å²) in [5.41, 5.74) is 1.19. The number of nitrogens with zero attached hydrogens (tertiary/aromatic N) is 3. The molecule has 2 aliphatic heterocycles. The van der Waals surface area contributed by atoms with Crippen molar-refractivity contribution in [3.05, 3.63) is 78.4 Å². The van der Waals surface area contributed by atoms with Crippen LogP contribution in [0, 0.1) is 22.6 Å². The van der Waals surface area contributed by atoms with Gasteiger partial charge in [0.15, 0.2) is 0 Å². The van der Waals surface area contributed by atoms with Gasteiger partial charge in [0.25, 0.3) is 5.91 Å². The van der Waals surface area contributed by atoms with Crippen LogP contribution in [0.5, 0.6) is 11.5 Å². The van der Waals surface area contributed by atoms with Gasteiger partial charge in [0, 0.05) is 56.8 Å². The van der Waals surface area contributed by atoms with Crippen LogP contribution < -0.4 is 4.74 Å². The zero-order valence-electron chi connectivity index (χ0n) is 28.6. The van der Waals surface area contributed by atoms with E-state index in [0.29, 0.717) is 36.1 Å². The molecule has 2 bridgehead atoms. The third kappa shape index (κ3) is 7.30. The summed E-state index contributed by atoms with van der Waals surface area (Å²) in [6.45, 7) is 7.99. The minimum absolute atomic E-state index is 0.0145. The molecule has 2 aromatic carbocycles. The third-order valence-electron chi connectivity index (χ3n) is 12.0. The van der Waals surface area contributed by atoms with E-state index in [1.807, 2.05) is 55.1 Å². The van der Waals surface area contributed by atoms with Gasteiger partial charge < -0.3 is 18.7 Å². The highest BCUT2D eigenvalue weighted by Crippen LogP contribution is 2.64. The number of carbonyl (C=O) groups is 2. The highest BCUT2D eigenvalue weighted by atomic mass is 32.2. The molecule has 4 fully saturated rings. The van der Waals surface area contributed by atoms with Crippen LogP contribution in [0.4, 0.5) is 4.39 Å². The molecule has 1 aromatic heterocycles. The SMILES string of the molecule is CC1(C)C2CCC1(CS(=O)(=O)[O-])C(=O)C2.C[N+]1(C2CCN(C(=O)c3cc(-c4ccc(Oc5ccc(F)cc5)cc4)ccn3)CC2)CCCC1. The van der Waals surface area contributed by atoms with Crippen molar-refractivity contribution in [2.45, 2.75) is 64.8 Å². The van der Waals surface area contributed by atoms with E-state index in [1.54, 1.807) is 18.3 Å². The molecule has 2 unspecified atom stereocenters. The molecular formula is C38H46FN3O6S. The Hall–Kier alpha value is -3.67. The lowest BCUT2D eigenvalue weighted by molar-refractivity contribution is -0.923. The first-order chi connectivity index (χ1) is 23.2. The predicted octanol–water partition coefficient (Wildman–Crippen LogP) is 6.45. The molecule has 2 atom stereocenters. The van der Waals surface area contributed by atoms with Crippen LogP contribution in [0.1, 0.15) is 69.3 Å². The maximum Gasteiger partial charge on any atom is 0.272 e. The van der Waals surface area contributed by atoms with E-state index in [0.717, 1.165) is 43.5 Å². The van der Waals surface area contributed by atoms with Gasteiger partial charge in [0.2, 0.25) is 0 Å². The zero-order chi connectivity index (χ0) is 35.0. The molecule has 49 heavy (non-hydrogen) atoms. The van der Waals surface area contributed by atoms with E-state index < -0.39 is 21.3 Å². The van der Waals surface area contributed by atoms with Crippen LogP contribution >= 0.6 is 0 Å². The summed E-state index contributed by atoms with van der Waals surface area (Å²) in [4.78, 5) is 31.4. The van der Waals surface area contributed by atoms with Gasteiger partial charge in [-0.1, -0.05) is 26.0 Å². The second-order valence-electron chi connectivity index (χ2n) is 15.0. The van der Waals surface area contributed by atoms with Crippen LogP contribution in [0.25, 0.3) is 11.1 Å². The Morgan fingerprint density at radius 3 is 2.14 bits per heavy atom. The number of hydrogen-bond acceptors (Lipinski definition) is 7. The van der Waals surface area contributed by atoms with Crippen molar-refractivity contribution < 1.29 is 36.2 Å². The molecule has 0 spiro atoms. The monoisotopic (exact) mass is 691 g/mol. The summed E-state index contributed by atoms with van der Waals surface area (Å²) in [5.74, 6) is 0.684.